The molecule has 18 heavy (non-hydrogen) atoms. The van der Waals surface area contributed by atoms with Gasteiger partial charge in [0.1, 0.15) is 5.82 Å². The molecule has 0 aliphatic heterocycles. The number of halogens is 2. The molecule has 0 bridgehead atoms. The first-order chi connectivity index (χ1) is 8.58. The number of nitrogens with one attached hydrogen (secondary N) is 1. The lowest BCUT2D eigenvalue weighted by molar-refractivity contribution is 0.102. The molecule has 0 aliphatic rings. The fourth-order valence-corrected chi connectivity index (χ4v) is 1.63. The van der Waals surface area contributed by atoms with Crippen LogP contribution in [0.5, 0.6) is 0 Å². The monoisotopic (exact) mass is 264 g/mol. The van der Waals surface area contributed by atoms with Gasteiger partial charge in [-0.15, -0.1) is 0 Å². The third-order valence-electron chi connectivity index (χ3n) is 2.34. The molecule has 3 nitrogen and oxygen atoms in total. The largest absolute Gasteiger partial charge is 0.319 e. The fourth-order valence-electron chi connectivity index (χ4n) is 1.48. The molecule has 0 saturated carbocycles. The summed E-state index contributed by atoms with van der Waals surface area (Å²) >= 11 is 5.85. The summed E-state index contributed by atoms with van der Waals surface area (Å²) < 4.78 is 13.4. The highest BCUT2D eigenvalue weighted by Gasteiger charge is 2.12. The smallest absolute Gasteiger partial charge is 0.258 e. The Morgan fingerprint density at radius 1 is 1.39 bits per heavy atom. The van der Waals surface area contributed by atoms with Gasteiger partial charge in [-0.25, -0.2) is 9.37 Å². The number of anilines is 1. The van der Waals surface area contributed by atoms with Crippen LogP contribution in [-0.2, 0) is 0 Å². The van der Waals surface area contributed by atoms with E-state index in [9.17, 15) is 9.18 Å². The molecule has 1 aromatic heterocycles. The summed E-state index contributed by atoms with van der Waals surface area (Å²) in [5.74, 6) is -1.13. The van der Waals surface area contributed by atoms with E-state index in [-0.39, 0.29) is 10.7 Å². The lowest BCUT2D eigenvalue weighted by Crippen LogP contribution is -2.14. The van der Waals surface area contributed by atoms with Gasteiger partial charge in [-0.1, -0.05) is 23.7 Å². The van der Waals surface area contributed by atoms with Crippen LogP contribution >= 0.6 is 11.6 Å². The Morgan fingerprint density at radius 3 is 2.83 bits per heavy atom. The molecule has 1 N–H and O–H groups in total. The molecule has 2 aromatic rings. The number of aromatic nitrogens is 1. The lowest BCUT2D eigenvalue weighted by atomic mass is 10.2. The van der Waals surface area contributed by atoms with Crippen molar-refractivity contribution in [1.29, 1.82) is 0 Å². The van der Waals surface area contributed by atoms with Crippen LogP contribution in [0.15, 0.2) is 36.5 Å². The van der Waals surface area contributed by atoms with E-state index in [4.69, 9.17) is 11.6 Å². The van der Waals surface area contributed by atoms with E-state index in [1.165, 1.54) is 18.2 Å². The summed E-state index contributed by atoms with van der Waals surface area (Å²) in [5.41, 5.74) is 1.18. The maximum Gasteiger partial charge on any atom is 0.258 e. The Kier molecular flexibility index (Phi) is 3.58. The number of carbonyl (C=O) groups excluding carboxylic acids is 1. The van der Waals surface area contributed by atoms with Gasteiger partial charge in [-0.05, 0) is 30.7 Å². The zero-order valence-corrected chi connectivity index (χ0v) is 10.3. The first-order valence-corrected chi connectivity index (χ1v) is 5.64. The Labute approximate surface area is 109 Å². The molecule has 0 aliphatic carbocycles. The number of pyridine rings is 1. The van der Waals surface area contributed by atoms with Crippen molar-refractivity contribution >= 4 is 23.2 Å². The lowest BCUT2D eigenvalue weighted by Gasteiger charge is -2.07. The molecule has 0 unspecified atom stereocenters. The van der Waals surface area contributed by atoms with Crippen LogP contribution in [0.4, 0.5) is 10.1 Å². The fraction of sp³-hybridized carbons (Fsp3) is 0.0769. The van der Waals surface area contributed by atoms with Gasteiger partial charge in [0.05, 0.1) is 11.3 Å². The van der Waals surface area contributed by atoms with Crippen LogP contribution in [0, 0.1) is 12.7 Å². The molecule has 1 amide bonds. The standard InChI is InChI=1S/C13H10ClFN2O/c1-8-6-11(12(14)16-7-8)17-13(18)9-4-2-3-5-10(9)15/h2-7H,1H3,(H,17,18). The van der Waals surface area contributed by atoms with Crippen molar-refractivity contribution in [3.05, 3.63) is 58.6 Å². The highest BCUT2D eigenvalue weighted by molar-refractivity contribution is 6.32. The van der Waals surface area contributed by atoms with Crippen LogP contribution < -0.4 is 5.32 Å². The van der Waals surface area contributed by atoms with Crippen LogP contribution in [0.25, 0.3) is 0 Å². The molecule has 0 atom stereocenters. The Morgan fingerprint density at radius 2 is 2.11 bits per heavy atom. The van der Waals surface area contributed by atoms with Crippen molar-refractivity contribution in [1.82, 2.24) is 4.98 Å². The second kappa shape index (κ2) is 5.14. The van der Waals surface area contributed by atoms with Crippen molar-refractivity contribution < 1.29 is 9.18 Å². The predicted octanol–water partition coefficient (Wildman–Crippen LogP) is 3.43. The highest BCUT2D eigenvalue weighted by Crippen LogP contribution is 2.21. The van der Waals surface area contributed by atoms with Gasteiger partial charge >= 0.3 is 0 Å². The van der Waals surface area contributed by atoms with Gasteiger partial charge in [0.2, 0.25) is 0 Å². The van der Waals surface area contributed by atoms with Crippen molar-refractivity contribution in [2.45, 2.75) is 6.92 Å². The van der Waals surface area contributed by atoms with Gasteiger partial charge in [-0.3, -0.25) is 4.79 Å². The quantitative estimate of drug-likeness (QED) is 0.845. The third kappa shape index (κ3) is 2.65. The minimum Gasteiger partial charge on any atom is -0.319 e. The summed E-state index contributed by atoms with van der Waals surface area (Å²) in [4.78, 5) is 15.8. The Bertz CT molecular complexity index is 601. The van der Waals surface area contributed by atoms with E-state index < -0.39 is 11.7 Å². The summed E-state index contributed by atoms with van der Waals surface area (Å²) in [6.07, 6.45) is 1.58. The number of rotatable bonds is 2. The van der Waals surface area contributed by atoms with Gasteiger partial charge in [-0.2, -0.15) is 0 Å². The first kappa shape index (κ1) is 12.5. The maximum atomic E-state index is 13.4. The molecular formula is C13H10ClFN2O. The molecule has 0 radical (unpaired) electrons. The molecule has 2 rings (SSSR count). The minimum atomic E-state index is -0.577. The molecule has 92 valence electrons. The molecule has 1 heterocycles. The van der Waals surface area contributed by atoms with E-state index in [0.717, 1.165) is 5.56 Å². The minimum absolute atomic E-state index is 0.0323. The number of aryl methyl sites for hydroxylation is 1. The van der Waals surface area contributed by atoms with Crippen molar-refractivity contribution in [3.8, 4) is 0 Å². The van der Waals surface area contributed by atoms with E-state index in [0.29, 0.717) is 5.69 Å². The first-order valence-electron chi connectivity index (χ1n) is 5.26. The highest BCUT2D eigenvalue weighted by atomic mass is 35.5. The second-order valence-electron chi connectivity index (χ2n) is 3.79. The maximum absolute atomic E-state index is 13.4. The molecule has 5 heteroatoms. The Hall–Kier alpha value is -1.94. The summed E-state index contributed by atoms with van der Waals surface area (Å²) in [5, 5.41) is 2.71. The number of nitrogens with zero attached hydrogens (tertiary/aromatic N) is 1. The van der Waals surface area contributed by atoms with E-state index in [1.54, 1.807) is 18.3 Å². The molecule has 0 spiro atoms. The van der Waals surface area contributed by atoms with Crippen molar-refractivity contribution in [2.24, 2.45) is 0 Å². The van der Waals surface area contributed by atoms with Gasteiger partial charge in [0.25, 0.3) is 5.91 Å². The van der Waals surface area contributed by atoms with E-state index in [1.807, 2.05) is 6.92 Å². The zero-order valence-electron chi connectivity index (χ0n) is 9.58. The van der Waals surface area contributed by atoms with Crippen molar-refractivity contribution in [2.75, 3.05) is 5.32 Å². The zero-order chi connectivity index (χ0) is 13.1. The van der Waals surface area contributed by atoms with E-state index >= 15 is 0 Å². The van der Waals surface area contributed by atoms with Crippen LogP contribution in [0.3, 0.4) is 0 Å². The molecular weight excluding hydrogens is 255 g/mol. The summed E-state index contributed by atoms with van der Waals surface area (Å²) in [6.45, 7) is 1.82. The summed E-state index contributed by atoms with van der Waals surface area (Å²) in [6, 6.07) is 7.42. The summed E-state index contributed by atoms with van der Waals surface area (Å²) in [7, 11) is 0. The molecule has 0 saturated heterocycles. The van der Waals surface area contributed by atoms with E-state index in [2.05, 4.69) is 10.3 Å². The number of hydrogen-bond acceptors (Lipinski definition) is 2. The van der Waals surface area contributed by atoms with Crippen LogP contribution in [0.2, 0.25) is 5.15 Å². The number of benzene rings is 1. The van der Waals surface area contributed by atoms with Crippen LogP contribution in [0.1, 0.15) is 15.9 Å². The molecule has 0 fully saturated rings. The normalized spacial score (nSPS) is 10.2. The number of carbonyl (C=O) groups is 1. The van der Waals surface area contributed by atoms with Gasteiger partial charge < -0.3 is 5.32 Å². The average Bonchev–Trinajstić information content (AvgIpc) is 2.34. The van der Waals surface area contributed by atoms with Gasteiger partial charge in [0.15, 0.2) is 5.15 Å². The van der Waals surface area contributed by atoms with Gasteiger partial charge in [0, 0.05) is 6.20 Å². The van der Waals surface area contributed by atoms with Crippen molar-refractivity contribution in [3.63, 3.8) is 0 Å². The number of hydrogen-bond donors (Lipinski definition) is 1. The Balaban J connectivity index is 2.27. The predicted molar refractivity (Wildman–Crippen MR) is 68.3 cm³/mol. The third-order valence-corrected chi connectivity index (χ3v) is 2.64. The molecule has 1 aromatic carbocycles. The topological polar surface area (TPSA) is 42.0 Å². The number of amides is 1. The van der Waals surface area contributed by atoms with Crippen LogP contribution in [-0.4, -0.2) is 10.9 Å². The average molecular weight is 265 g/mol. The SMILES string of the molecule is Cc1cnc(Cl)c(NC(=O)c2ccccc2F)c1. The second-order valence-corrected chi connectivity index (χ2v) is 4.14.